The number of nitrogens with one attached hydrogen (secondary N) is 1. The van der Waals surface area contributed by atoms with Gasteiger partial charge < -0.3 is 19.4 Å². The highest BCUT2D eigenvalue weighted by Gasteiger charge is 2.28. The number of rotatable bonds is 9. The van der Waals surface area contributed by atoms with Crippen LogP contribution >= 0.6 is 0 Å². The monoisotopic (exact) mass is 464 g/mol. The first-order valence-corrected chi connectivity index (χ1v) is 11.5. The second kappa shape index (κ2) is 11.6. The number of hydrogen-bond acceptors (Lipinski definition) is 4. The van der Waals surface area contributed by atoms with Gasteiger partial charge in [0, 0.05) is 19.6 Å². The van der Waals surface area contributed by atoms with Gasteiger partial charge in [0.1, 0.15) is 18.2 Å². The van der Waals surface area contributed by atoms with Crippen LogP contribution in [0.3, 0.4) is 0 Å². The summed E-state index contributed by atoms with van der Waals surface area (Å²) in [5, 5.41) is 3.02. The molecule has 1 fully saturated rings. The highest BCUT2D eigenvalue weighted by molar-refractivity contribution is 5.82. The highest BCUT2D eigenvalue weighted by Crippen LogP contribution is 2.18. The molecular weight excluding hydrogens is 435 g/mol. The van der Waals surface area contributed by atoms with Gasteiger partial charge in [-0.1, -0.05) is 36.4 Å². The Morgan fingerprint density at radius 2 is 1.85 bits per heavy atom. The third-order valence-corrected chi connectivity index (χ3v) is 5.96. The van der Waals surface area contributed by atoms with Crippen molar-refractivity contribution in [1.82, 2.24) is 10.2 Å². The molecule has 0 aliphatic carbocycles. The topological polar surface area (TPSA) is 71.8 Å². The summed E-state index contributed by atoms with van der Waals surface area (Å²) < 4.78 is 24.0. The number of carbonyl (C=O) groups excluding carboxylic acids is 2. The van der Waals surface area contributed by atoms with Crippen molar-refractivity contribution in [3.63, 3.8) is 0 Å². The lowest BCUT2D eigenvalue weighted by atomic mass is 9.96. The van der Waals surface area contributed by atoms with Crippen molar-refractivity contribution in [2.24, 2.45) is 5.92 Å². The zero-order valence-electron chi connectivity index (χ0n) is 19.0. The summed E-state index contributed by atoms with van der Waals surface area (Å²) in [5.41, 5.74) is 2.78. The summed E-state index contributed by atoms with van der Waals surface area (Å²) in [5.74, 6) is 0.148. The zero-order chi connectivity index (χ0) is 23.8. The Labute approximate surface area is 198 Å². The second-order valence-electron chi connectivity index (χ2n) is 8.59. The van der Waals surface area contributed by atoms with Crippen LogP contribution in [0, 0.1) is 11.7 Å². The Bertz CT molecular complexity index is 1080. The predicted octanol–water partition coefficient (Wildman–Crippen LogP) is 4.23. The molecular formula is C27H29FN2O4. The first-order chi connectivity index (χ1) is 16.6. The third-order valence-electron chi connectivity index (χ3n) is 5.96. The maximum Gasteiger partial charge on any atom is 0.227 e. The summed E-state index contributed by atoms with van der Waals surface area (Å²) in [6.45, 7) is 2.34. The summed E-state index contributed by atoms with van der Waals surface area (Å²) in [7, 11) is 0. The highest BCUT2D eigenvalue weighted by atomic mass is 19.1. The molecule has 34 heavy (non-hydrogen) atoms. The summed E-state index contributed by atoms with van der Waals surface area (Å²) in [6, 6.07) is 17.6. The van der Waals surface area contributed by atoms with E-state index in [4.69, 9.17) is 9.15 Å². The van der Waals surface area contributed by atoms with Crippen LogP contribution in [0.5, 0.6) is 0 Å². The molecule has 0 radical (unpaired) electrons. The first-order valence-electron chi connectivity index (χ1n) is 11.5. The smallest absolute Gasteiger partial charge is 0.227 e. The standard InChI is InChI=1S/C27H29FN2O4/c28-24-10-8-20(9-11-24)15-26(31)30-12-2-6-23(17-30)27(32)29-16-21-4-1-5-22(14-21)18-33-19-25-7-3-13-34-25/h1,3-5,7-11,13-14,23H,2,6,12,15-19H2,(H,29,32). The number of furan rings is 1. The summed E-state index contributed by atoms with van der Waals surface area (Å²) >= 11 is 0. The van der Waals surface area contributed by atoms with Crippen molar-refractivity contribution in [2.75, 3.05) is 13.1 Å². The molecule has 2 amide bonds. The molecule has 1 aromatic heterocycles. The van der Waals surface area contributed by atoms with Crippen LogP contribution in [0.25, 0.3) is 0 Å². The minimum Gasteiger partial charge on any atom is -0.467 e. The fourth-order valence-corrected chi connectivity index (χ4v) is 4.13. The normalized spacial score (nSPS) is 15.8. The van der Waals surface area contributed by atoms with Crippen molar-refractivity contribution in [3.05, 3.63) is 95.2 Å². The summed E-state index contributed by atoms with van der Waals surface area (Å²) in [6.07, 6.45) is 3.38. The van der Waals surface area contributed by atoms with Crippen LogP contribution in [-0.2, 0) is 40.5 Å². The molecule has 1 aliphatic rings. The van der Waals surface area contributed by atoms with E-state index in [2.05, 4.69) is 5.32 Å². The van der Waals surface area contributed by atoms with Crippen molar-refractivity contribution in [3.8, 4) is 0 Å². The maximum atomic E-state index is 13.1. The molecule has 3 aromatic rings. The Kier molecular flexibility index (Phi) is 8.09. The second-order valence-corrected chi connectivity index (χ2v) is 8.59. The minimum absolute atomic E-state index is 0.0358. The van der Waals surface area contributed by atoms with Crippen LogP contribution in [0.1, 0.15) is 35.3 Å². The molecule has 1 atom stereocenters. The van der Waals surface area contributed by atoms with Gasteiger partial charge >= 0.3 is 0 Å². The van der Waals surface area contributed by atoms with Crippen molar-refractivity contribution in [1.29, 1.82) is 0 Å². The molecule has 1 saturated heterocycles. The summed E-state index contributed by atoms with van der Waals surface area (Å²) in [4.78, 5) is 27.2. The van der Waals surface area contributed by atoms with Crippen LogP contribution in [0.2, 0.25) is 0 Å². The molecule has 2 heterocycles. The van der Waals surface area contributed by atoms with Gasteiger partial charge in [0.15, 0.2) is 0 Å². The number of ether oxygens (including phenoxy) is 1. The van der Waals surface area contributed by atoms with E-state index < -0.39 is 0 Å². The molecule has 2 aromatic carbocycles. The van der Waals surface area contributed by atoms with E-state index >= 15 is 0 Å². The van der Waals surface area contributed by atoms with E-state index in [1.54, 1.807) is 23.3 Å². The Morgan fingerprint density at radius 3 is 2.65 bits per heavy atom. The fraction of sp³-hybridized carbons (Fsp3) is 0.333. The molecule has 178 valence electrons. The number of nitrogens with zero attached hydrogens (tertiary/aromatic N) is 1. The molecule has 7 heteroatoms. The van der Waals surface area contributed by atoms with Crippen LogP contribution < -0.4 is 5.32 Å². The van der Waals surface area contributed by atoms with Crippen LogP contribution in [0.15, 0.2) is 71.3 Å². The number of likely N-dealkylation sites (tertiary alicyclic amines) is 1. The molecule has 1 aliphatic heterocycles. The predicted molar refractivity (Wildman–Crippen MR) is 125 cm³/mol. The van der Waals surface area contributed by atoms with Gasteiger partial charge in [-0.05, 0) is 53.8 Å². The zero-order valence-corrected chi connectivity index (χ0v) is 19.0. The molecule has 1 N–H and O–H groups in total. The van der Waals surface area contributed by atoms with E-state index in [-0.39, 0.29) is 30.0 Å². The maximum absolute atomic E-state index is 13.1. The Morgan fingerprint density at radius 1 is 1.03 bits per heavy atom. The number of benzene rings is 2. The number of carbonyl (C=O) groups is 2. The van der Waals surface area contributed by atoms with Gasteiger partial charge in [-0.15, -0.1) is 0 Å². The molecule has 0 saturated carbocycles. The SMILES string of the molecule is O=C(NCc1cccc(COCc2ccco2)c1)C1CCCN(C(=O)Cc2ccc(F)cc2)C1. The molecule has 4 rings (SSSR count). The molecule has 0 bridgehead atoms. The van der Waals surface area contributed by atoms with Gasteiger partial charge in [-0.2, -0.15) is 0 Å². The lowest BCUT2D eigenvalue weighted by Gasteiger charge is -2.32. The average molecular weight is 465 g/mol. The van der Waals surface area contributed by atoms with E-state index in [0.717, 1.165) is 35.3 Å². The fourth-order valence-electron chi connectivity index (χ4n) is 4.13. The quantitative estimate of drug-likeness (QED) is 0.514. The number of hydrogen-bond donors (Lipinski definition) is 1. The third kappa shape index (κ3) is 6.78. The van der Waals surface area contributed by atoms with Crippen LogP contribution in [0.4, 0.5) is 4.39 Å². The van der Waals surface area contributed by atoms with Gasteiger partial charge in [-0.25, -0.2) is 4.39 Å². The van der Waals surface area contributed by atoms with Gasteiger partial charge in [-0.3, -0.25) is 9.59 Å². The number of amides is 2. The Hall–Kier alpha value is -3.45. The Balaban J connectivity index is 1.24. The van der Waals surface area contributed by atoms with Gasteiger partial charge in [0.2, 0.25) is 11.8 Å². The number of halogens is 1. The van der Waals surface area contributed by atoms with Crippen molar-refractivity contribution in [2.45, 2.75) is 39.0 Å². The lowest BCUT2D eigenvalue weighted by molar-refractivity contribution is -0.135. The minimum atomic E-state index is -0.321. The van der Waals surface area contributed by atoms with Crippen LogP contribution in [-0.4, -0.2) is 29.8 Å². The van der Waals surface area contributed by atoms with E-state index in [0.29, 0.717) is 32.8 Å². The average Bonchev–Trinajstić information content (AvgIpc) is 3.38. The van der Waals surface area contributed by atoms with E-state index in [1.165, 1.54) is 12.1 Å². The van der Waals surface area contributed by atoms with Crippen molar-refractivity contribution < 1.29 is 23.1 Å². The van der Waals surface area contributed by atoms with E-state index in [9.17, 15) is 14.0 Å². The molecule has 1 unspecified atom stereocenters. The van der Waals surface area contributed by atoms with E-state index in [1.807, 2.05) is 36.4 Å². The molecule has 0 spiro atoms. The van der Waals surface area contributed by atoms with Gasteiger partial charge in [0.25, 0.3) is 0 Å². The van der Waals surface area contributed by atoms with Gasteiger partial charge in [0.05, 0.1) is 25.2 Å². The first kappa shape index (κ1) is 23.7. The number of piperidine rings is 1. The molecule has 6 nitrogen and oxygen atoms in total. The van der Waals surface area contributed by atoms with Crippen molar-refractivity contribution >= 4 is 11.8 Å². The lowest BCUT2D eigenvalue weighted by Crippen LogP contribution is -2.45. The largest absolute Gasteiger partial charge is 0.467 e.